The third-order valence-corrected chi connectivity index (χ3v) is 21.6. The van der Waals surface area contributed by atoms with E-state index in [1.165, 1.54) is 95.2 Å². The fourth-order valence-electron chi connectivity index (χ4n) is 15.6. The number of rotatable bonds is 8. The van der Waals surface area contributed by atoms with E-state index < -0.39 is 202 Å². The maximum absolute atomic E-state index is 15.2. The number of fused-ring (bicyclic) bond motifs is 6. The van der Waals surface area contributed by atoms with Crippen molar-refractivity contribution < 1.29 is 91.2 Å². The molecule has 3 aromatic rings. The van der Waals surface area contributed by atoms with Crippen LogP contribution in [0.1, 0.15) is 177 Å². The molecular formula is C79H98N10O20. The van der Waals surface area contributed by atoms with Crippen LogP contribution in [0, 0.1) is 68.1 Å². The zero-order valence-electron chi connectivity index (χ0n) is 64.5. The smallest absolute Gasteiger partial charge is 0.329 e. The minimum Gasteiger partial charge on any atom is -0.507 e. The van der Waals surface area contributed by atoms with Crippen LogP contribution in [-0.2, 0) is 57.4 Å². The van der Waals surface area contributed by atoms with Crippen LogP contribution in [0.25, 0.3) is 22.6 Å². The van der Waals surface area contributed by atoms with Crippen LogP contribution in [0.5, 0.6) is 11.5 Å². The maximum Gasteiger partial charge on any atom is 0.329 e. The summed E-state index contributed by atoms with van der Waals surface area (Å²) in [7, 11) is 5.66. The molecule has 4 aliphatic carbocycles. The fraction of sp³-hybridized carbons (Fsp3) is 0.519. The molecule has 584 valence electrons. The van der Waals surface area contributed by atoms with Crippen molar-refractivity contribution in [2.75, 3.05) is 47.0 Å². The molecule has 2 saturated heterocycles. The van der Waals surface area contributed by atoms with E-state index >= 15 is 9.59 Å². The number of ketones is 4. The van der Waals surface area contributed by atoms with Crippen molar-refractivity contribution in [2.45, 2.75) is 177 Å². The number of nitrogens with two attached hydrogens (primary N) is 1. The number of nitrogen functional groups attached to an aromatic ring is 1. The number of likely N-dealkylation sites (N-methyl/N-ethyl adjacent to an activating group) is 4. The van der Waals surface area contributed by atoms with Gasteiger partial charge in [0.05, 0.1) is 53.1 Å². The van der Waals surface area contributed by atoms with Gasteiger partial charge in [-0.15, -0.1) is 0 Å². The van der Waals surface area contributed by atoms with Gasteiger partial charge in [0.25, 0.3) is 11.8 Å². The lowest BCUT2D eigenvalue weighted by atomic mass is 9.82. The molecule has 2 saturated carbocycles. The SMILES string of the molecule is Cc1c2oc3c(C)ccc(C(=O)NC4C(=O)NC(C(C)C)C(=O)C5CCCC5C(=O)N(C)CC(=O)N(C)C(C(C)C)C(=O)OC4C)c3nc-2c(C(=O)NC2C(=O)NC(C(C)C)C(=O)C3CCCC3C(=O)N(C)CC(=O)N(C)C(C(C)C)C(=O)OC2C)c(N)c1=O.Cc1cc(O)c2c(c1)C(=O)c1cccc(O)c1C2=O. The van der Waals surface area contributed by atoms with Gasteiger partial charge in [-0.3, -0.25) is 62.3 Å². The summed E-state index contributed by atoms with van der Waals surface area (Å²) >= 11 is 0. The summed E-state index contributed by atoms with van der Waals surface area (Å²) in [6.07, 6.45) is -0.654. The Labute approximate surface area is 630 Å². The first-order chi connectivity index (χ1) is 51.1. The quantitative estimate of drug-likeness (QED) is 0.0605. The molecule has 0 radical (unpaired) electrons. The molecule has 3 aliphatic heterocycles. The highest BCUT2D eigenvalue weighted by atomic mass is 16.6. The lowest BCUT2D eigenvalue weighted by Gasteiger charge is -2.35. The average molecular weight is 1510 g/mol. The monoisotopic (exact) mass is 1510 g/mol. The first kappa shape index (κ1) is 82.1. The number of aromatic nitrogens is 1. The summed E-state index contributed by atoms with van der Waals surface area (Å²) in [4.78, 5) is 222. The van der Waals surface area contributed by atoms with Gasteiger partial charge in [-0.25, -0.2) is 14.6 Å². The van der Waals surface area contributed by atoms with Gasteiger partial charge in [-0.2, -0.15) is 0 Å². The van der Waals surface area contributed by atoms with Crippen LogP contribution in [0.3, 0.4) is 0 Å². The zero-order chi connectivity index (χ0) is 80.7. The molecule has 3 aromatic carbocycles. The Morgan fingerprint density at radius 2 is 1.04 bits per heavy atom. The largest absolute Gasteiger partial charge is 0.507 e. The number of carbonyl (C=O) groups excluding carboxylic acids is 14. The van der Waals surface area contributed by atoms with E-state index in [9.17, 15) is 72.5 Å². The van der Waals surface area contributed by atoms with Crippen LogP contribution >= 0.6 is 0 Å². The molecule has 0 spiro atoms. The molecule has 0 bridgehead atoms. The van der Waals surface area contributed by atoms with Crippen molar-refractivity contribution in [3.63, 3.8) is 0 Å². The second-order valence-corrected chi connectivity index (χ2v) is 30.8. The summed E-state index contributed by atoms with van der Waals surface area (Å²) < 4.78 is 18.3. The van der Waals surface area contributed by atoms with Gasteiger partial charge in [0, 0.05) is 68.6 Å². The molecule has 12 unspecified atom stereocenters. The van der Waals surface area contributed by atoms with E-state index in [-0.39, 0.29) is 73.2 Å². The number of anilines is 1. The number of carbonyl (C=O) groups is 14. The normalized spacial score (nSPS) is 25.3. The zero-order valence-corrected chi connectivity index (χ0v) is 64.5. The molecule has 8 amide bonds. The van der Waals surface area contributed by atoms with Crippen molar-refractivity contribution in [2.24, 2.45) is 47.3 Å². The Balaban J connectivity index is 0.000000618. The predicted octanol–water partition coefficient (Wildman–Crippen LogP) is 4.90. The molecule has 30 heteroatoms. The van der Waals surface area contributed by atoms with Crippen molar-refractivity contribution >= 4 is 99.1 Å². The second kappa shape index (κ2) is 32.9. The molecule has 3 heterocycles. The average Bonchev–Trinajstić information content (AvgIpc) is 1.21. The Morgan fingerprint density at radius 3 is 1.50 bits per heavy atom. The van der Waals surface area contributed by atoms with Gasteiger partial charge in [0.2, 0.25) is 46.7 Å². The summed E-state index contributed by atoms with van der Waals surface area (Å²) in [5.74, 6) is -16.3. The topological polar surface area (TPSA) is 428 Å². The first-order valence-electron chi connectivity index (χ1n) is 36.7. The van der Waals surface area contributed by atoms with Gasteiger partial charge in [-0.05, 0) is 119 Å². The first-order valence-corrected chi connectivity index (χ1v) is 36.7. The number of amides is 8. The van der Waals surface area contributed by atoms with Gasteiger partial charge in [0.1, 0.15) is 59.1 Å². The van der Waals surface area contributed by atoms with E-state index in [0.717, 1.165) is 9.80 Å². The number of Topliss-reactive ketones (excluding diaryl/α,β-unsaturated/α-hetero) is 2. The van der Waals surface area contributed by atoms with Gasteiger partial charge in [-0.1, -0.05) is 86.4 Å². The number of ether oxygens (including phenoxy) is 2. The summed E-state index contributed by atoms with van der Waals surface area (Å²) in [5, 5.41) is 30.4. The number of phenolic OH excluding ortho intramolecular Hbond substituents is 2. The second-order valence-electron chi connectivity index (χ2n) is 30.8. The molecule has 0 aromatic heterocycles. The molecule has 30 nitrogen and oxygen atoms in total. The molecular weight excluding hydrogens is 1410 g/mol. The molecule has 4 fully saturated rings. The standard InChI is InChI=1S/C64H88N10O16.C15H10O4/c1-27(2)44-53(78)35-19-17-21-37(35)61(84)71(13)25-40(75)73(15)50(29(5)6)63(86)88-33(11)46(59(82)67-44)69-57(80)39-24-23-31(9)55-48(39)66-49-42(43(65)52(77)32(10)56(49)90-55)58(81)70-47-34(12)89-64(87)51(30(7)8)74(16)41(76)26-72(14)62(85)38-22-18-20-36(38)54(79)45(28(3)4)68-60(47)83;1-7-5-9-13(11(17)6-7)15(19)12-8(14(9)18)3-2-4-10(12)16/h23-24,27-30,33-38,44-47,50-51H,17-22,25-26,65H2,1-16H3,(H,67,82)(H,68,83)(H,69,80)(H,70,81);2-6,16-17H,1H3. The summed E-state index contributed by atoms with van der Waals surface area (Å²) in [6, 6.07) is 1.64. The van der Waals surface area contributed by atoms with Crippen LogP contribution in [-0.4, -0.2) is 207 Å². The van der Waals surface area contributed by atoms with Crippen LogP contribution in [0.15, 0.2) is 51.7 Å². The molecule has 10 rings (SSSR count). The van der Waals surface area contributed by atoms with Gasteiger partial charge >= 0.3 is 11.9 Å². The number of cyclic esters (lactones) is 2. The van der Waals surface area contributed by atoms with E-state index in [0.29, 0.717) is 49.7 Å². The summed E-state index contributed by atoms with van der Waals surface area (Å²) in [6.45, 7) is 20.0. The van der Waals surface area contributed by atoms with Crippen LogP contribution < -0.4 is 32.4 Å². The Bertz CT molecular complexity index is 4600. The number of hydrogen-bond acceptors (Lipinski definition) is 22. The van der Waals surface area contributed by atoms with E-state index in [2.05, 4.69) is 21.3 Å². The molecule has 7 aliphatic rings. The lowest BCUT2D eigenvalue weighted by molar-refractivity contribution is -0.163. The van der Waals surface area contributed by atoms with Crippen LogP contribution in [0.2, 0.25) is 0 Å². The highest BCUT2D eigenvalue weighted by Gasteiger charge is 2.48. The number of aryl methyl sites for hydroxylation is 2. The number of hydrogen-bond donors (Lipinski definition) is 7. The van der Waals surface area contributed by atoms with Crippen molar-refractivity contribution in [3.8, 4) is 23.0 Å². The van der Waals surface area contributed by atoms with Crippen molar-refractivity contribution in [1.29, 1.82) is 0 Å². The highest BCUT2D eigenvalue weighted by Crippen LogP contribution is 2.41. The Kier molecular flexibility index (Phi) is 24.8. The van der Waals surface area contributed by atoms with Crippen molar-refractivity contribution in [3.05, 3.63) is 103 Å². The Morgan fingerprint density at radius 1 is 0.578 bits per heavy atom. The minimum absolute atomic E-state index is 0.0374. The minimum atomic E-state index is -1.86. The number of aromatic hydroxyl groups is 2. The van der Waals surface area contributed by atoms with E-state index in [4.69, 9.17) is 24.6 Å². The number of esters is 2. The number of nitrogens with zero attached hydrogens (tertiary/aromatic N) is 5. The molecule has 12 atom stereocenters. The van der Waals surface area contributed by atoms with Crippen molar-refractivity contribution in [1.82, 2.24) is 45.9 Å². The maximum atomic E-state index is 15.2. The molecule has 109 heavy (non-hydrogen) atoms. The third kappa shape index (κ3) is 16.3. The van der Waals surface area contributed by atoms with Gasteiger partial charge < -0.3 is 70.7 Å². The Hall–Kier alpha value is -10.9. The summed E-state index contributed by atoms with van der Waals surface area (Å²) in [5.41, 5.74) is 4.63. The number of phenols is 2. The third-order valence-electron chi connectivity index (χ3n) is 21.6. The van der Waals surface area contributed by atoms with Gasteiger partial charge in [0.15, 0.2) is 28.7 Å². The number of nitrogens with one attached hydrogen (secondary N) is 4. The van der Waals surface area contributed by atoms with E-state index in [1.807, 2.05) is 0 Å². The van der Waals surface area contributed by atoms with Crippen LogP contribution in [0.4, 0.5) is 5.69 Å². The predicted molar refractivity (Wildman–Crippen MR) is 395 cm³/mol. The van der Waals surface area contributed by atoms with E-state index in [1.54, 1.807) is 75.3 Å². The lowest BCUT2D eigenvalue weighted by Crippen LogP contribution is -2.59. The number of benzene rings is 4. The highest BCUT2D eigenvalue weighted by molar-refractivity contribution is 6.30. The molecule has 8 N–H and O–H groups in total. The fourth-order valence-corrected chi connectivity index (χ4v) is 15.6.